The molecule has 5 nitrogen and oxygen atoms in total. The fourth-order valence-electron chi connectivity index (χ4n) is 4.77. The van der Waals surface area contributed by atoms with Crippen molar-refractivity contribution in [2.45, 2.75) is 71.6 Å². The predicted molar refractivity (Wildman–Crippen MR) is 148 cm³/mol. The Hall–Kier alpha value is -3.15. The summed E-state index contributed by atoms with van der Waals surface area (Å²) in [5.41, 5.74) is 3.56. The van der Waals surface area contributed by atoms with E-state index >= 15 is 0 Å². The lowest BCUT2D eigenvalue weighted by Gasteiger charge is -2.30. The molecule has 3 aromatic rings. The van der Waals surface area contributed by atoms with Gasteiger partial charge in [-0.05, 0) is 82.5 Å². The van der Waals surface area contributed by atoms with Crippen LogP contribution >= 0.6 is 0 Å². The van der Waals surface area contributed by atoms with E-state index in [2.05, 4.69) is 50.0 Å². The highest BCUT2D eigenvalue weighted by Gasteiger charge is 2.21. The van der Waals surface area contributed by atoms with Gasteiger partial charge in [-0.25, -0.2) is 4.79 Å². The van der Waals surface area contributed by atoms with Crippen molar-refractivity contribution < 1.29 is 14.6 Å². The number of para-hydroxylation sites is 1. The molecule has 3 rings (SSSR count). The number of rotatable bonds is 12. The van der Waals surface area contributed by atoms with Crippen LogP contribution in [0.1, 0.15) is 69.6 Å². The van der Waals surface area contributed by atoms with Gasteiger partial charge in [0, 0.05) is 29.3 Å². The predicted octanol–water partition coefficient (Wildman–Crippen LogP) is 7.21. The third kappa shape index (κ3) is 7.94. The molecule has 0 heterocycles. The number of amides is 1. The Balaban J connectivity index is 1.83. The monoisotopic (exact) mass is 488 g/mol. The molecule has 2 N–H and O–H groups in total. The van der Waals surface area contributed by atoms with Crippen LogP contribution in [0.15, 0.2) is 78.9 Å². The Kier molecular flexibility index (Phi) is 10.5. The van der Waals surface area contributed by atoms with E-state index in [-0.39, 0.29) is 12.5 Å². The van der Waals surface area contributed by atoms with Gasteiger partial charge in [0.15, 0.2) is 0 Å². The molecule has 0 radical (unpaired) electrons. The second-order valence-electron chi connectivity index (χ2n) is 9.80. The number of hydrogen-bond donors (Lipinski definition) is 2. The quantitative estimate of drug-likeness (QED) is 0.264. The first kappa shape index (κ1) is 27.4. The first-order valence-electron chi connectivity index (χ1n) is 13.0. The number of carbonyl (C=O) groups is 1. The third-order valence-electron chi connectivity index (χ3n) is 6.54. The molecular formula is C31H40N2O3. The molecular weight excluding hydrogens is 448 g/mol. The van der Waals surface area contributed by atoms with E-state index in [4.69, 9.17) is 4.74 Å². The lowest BCUT2D eigenvalue weighted by Crippen LogP contribution is -2.37. The fraction of sp³-hybridized carbons (Fsp3) is 0.387. The Morgan fingerprint density at radius 3 is 2.14 bits per heavy atom. The van der Waals surface area contributed by atoms with Gasteiger partial charge in [0.2, 0.25) is 0 Å². The highest BCUT2D eigenvalue weighted by Crippen LogP contribution is 2.37. The SMILES string of the molecule is CC(C)N(CCCCC(c1ccccc1)c1cc(CO)ccc1OC(=O)Nc1ccccc1)C(C)C. The van der Waals surface area contributed by atoms with Gasteiger partial charge in [-0.1, -0.05) is 61.0 Å². The molecule has 0 saturated carbocycles. The summed E-state index contributed by atoms with van der Waals surface area (Å²) in [4.78, 5) is 15.2. The average Bonchev–Trinajstić information content (AvgIpc) is 2.87. The molecule has 0 aromatic heterocycles. The largest absolute Gasteiger partial charge is 0.417 e. The van der Waals surface area contributed by atoms with Crippen LogP contribution in [0.3, 0.4) is 0 Å². The number of carbonyl (C=O) groups excluding carboxylic acids is 1. The average molecular weight is 489 g/mol. The molecule has 0 aliphatic carbocycles. The van der Waals surface area contributed by atoms with Crippen molar-refractivity contribution in [1.82, 2.24) is 4.90 Å². The van der Waals surface area contributed by atoms with Crippen molar-refractivity contribution in [3.05, 3.63) is 95.6 Å². The molecule has 0 aliphatic heterocycles. The lowest BCUT2D eigenvalue weighted by molar-refractivity contribution is 0.171. The number of aliphatic hydroxyl groups is 1. The molecule has 0 aliphatic rings. The second-order valence-corrected chi connectivity index (χ2v) is 9.80. The molecule has 0 bridgehead atoms. The number of aliphatic hydroxyl groups excluding tert-OH is 1. The number of unbranched alkanes of at least 4 members (excludes halogenated alkanes) is 1. The highest BCUT2D eigenvalue weighted by molar-refractivity contribution is 5.86. The van der Waals surface area contributed by atoms with E-state index in [1.54, 1.807) is 12.1 Å². The van der Waals surface area contributed by atoms with Crippen LogP contribution in [-0.4, -0.2) is 34.7 Å². The van der Waals surface area contributed by atoms with Crippen molar-refractivity contribution in [3.8, 4) is 5.75 Å². The standard InChI is InChI=1S/C31H40N2O3/c1-23(2)33(24(3)4)20-12-11-17-28(26-13-7-5-8-14-26)29-21-25(22-34)18-19-30(29)36-31(35)32-27-15-9-6-10-16-27/h5-10,13-16,18-19,21,23-24,28,34H,11-12,17,20,22H2,1-4H3,(H,32,35). The van der Waals surface area contributed by atoms with Crippen molar-refractivity contribution in [2.75, 3.05) is 11.9 Å². The van der Waals surface area contributed by atoms with E-state index in [0.717, 1.165) is 36.9 Å². The zero-order chi connectivity index (χ0) is 25.9. The van der Waals surface area contributed by atoms with Crippen LogP contribution in [0.25, 0.3) is 0 Å². The first-order chi connectivity index (χ1) is 17.4. The number of hydrogen-bond acceptors (Lipinski definition) is 4. The van der Waals surface area contributed by atoms with E-state index in [1.807, 2.05) is 54.6 Å². The van der Waals surface area contributed by atoms with Crippen LogP contribution in [0, 0.1) is 0 Å². The number of benzene rings is 3. The zero-order valence-electron chi connectivity index (χ0n) is 22.0. The normalized spacial score (nSPS) is 12.2. The smallest absolute Gasteiger partial charge is 0.410 e. The van der Waals surface area contributed by atoms with Gasteiger partial charge in [-0.2, -0.15) is 0 Å². The van der Waals surface area contributed by atoms with Crippen LogP contribution < -0.4 is 10.1 Å². The van der Waals surface area contributed by atoms with E-state index in [0.29, 0.717) is 23.5 Å². The van der Waals surface area contributed by atoms with Crippen molar-refractivity contribution >= 4 is 11.8 Å². The van der Waals surface area contributed by atoms with Gasteiger partial charge in [-0.3, -0.25) is 10.2 Å². The number of nitrogens with one attached hydrogen (secondary N) is 1. The molecule has 5 heteroatoms. The molecule has 192 valence electrons. The maximum atomic E-state index is 12.7. The van der Waals surface area contributed by atoms with Crippen LogP contribution in [-0.2, 0) is 6.61 Å². The molecule has 1 amide bonds. The molecule has 3 aromatic carbocycles. The van der Waals surface area contributed by atoms with Gasteiger partial charge in [0.05, 0.1) is 6.61 Å². The van der Waals surface area contributed by atoms with Gasteiger partial charge >= 0.3 is 6.09 Å². The minimum Gasteiger partial charge on any atom is -0.410 e. The van der Waals surface area contributed by atoms with Gasteiger partial charge in [0.25, 0.3) is 0 Å². The fourth-order valence-corrected chi connectivity index (χ4v) is 4.77. The molecule has 0 saturated heterocycles. The minimum absolute atomic E-state index is 0.0452. The molecule has 0 spiro atoms. The summed E-state index contributed by atoms with van der Waals surface area (Å²) in [6, 6.07) is 26.2. The summed E-state index contributed by atoms with van der Waals surface area (Å²) >= 11 is 0. The highest BCUT2D eigenvalue weighted by atomic mass is 16.6. The molecule has 36 heavy (non-hydrogen) atoms. The number of ether oxygens (including phenoxy) is 1. The summed E-state index contributed by atoms with van der Waals surface area (Å²) < 4.78 is 5.82. The van der Waals surface area contributed by atoms with E-state index < -0.39 is 6.09 Å². The Labute approximate surface area is 216 Å². The van der Waals surface area contributed by atoms with Crippen LogP contribution in [0.4, 0.5) is 10.5 Å². The number of anilines is 1. The topological polar surface area (TPSA) is 61.8 Å². The maximum absolute atomic E-state index is 12.7. The van der Waals surface area contributed by atoms with Crippen molar-refractivity contribution in [2.24, 2.45) is 0 Å². The lowest BCUT2D eigenvalue weighted by atomic mass is 9.85. The van der Waals surface area contributed by atoms with Crippen molar-refractivity contribution in [3.63, 3.8) is 0 Å². The summed E-state index contributed by atoms with van der Waals surface area (Å²) in [7, 11) is 0. The van der Waals surface area contributed by atoms with Crippen molar-refractivity contribution in [1.29, 1.82) is 0 Å². The van der Waals surface area contributed by atoms with Gasteiger partial charge in [-0.15, -0.1) is 0 Å². The Bertz CT molecular complexity index is 1060. The maximum Gasteiger partial charge on any atom is 0.417 e. The van der Waals surface area contributed by atoms with Crippen LogP contribution in [0.5, 0.6) is 5.75 Å². The first-order valence-corrected chi connectivity index (χ1v) is 13.0. The van der Waals surface area contributed by atoms with Crippen LogP contribution in [0.2, 0.25) is 0 Å². The molecule has 1 atom stereocenters. The minimum atomic E-state index is -0.532. The van der Waals surface area contributed by atoms with Gasteiger partial charge < -0.3 is 9.84 Å². The van der Waals surface area contributed by atoms with E-state index in [1.165, 1.54) is 5.56 Å². The summed E-state index contributed by atoms with van der Waals surface area (Å²) in [6.07, 6.45) is 2.51. The zero-order valence-corrected chi connectivity index (χ0v) is 22.0. The molecule has 0 fully saturated rings. The van der Waals surface area contributed by atoms with E-state index in [9.17, 15) is 9.90 Å². The summed E-state index contributed by atoms with van der Waals surface area (Å²) in [6.45, 7) is 9.97. The summed E-state index contributed by atoms with van der Waals surface area (Å²) in [5, 5.41) is 12.6. The second kappa shape index (κ2) is 13.8. The third-order valence-corrected chi connectivity index (χ3v) is 6.54. The Morgan fingerprint density at radius 2 is 1.53 bits per heavy atom. The number of nitrogens with zero attached hydrogens (tertiary/aromatic N) is 1. The van der Waals surface area contributed by atoms with Gasteiger partial charge in [0.1, 0.15) is 5.75 Å². The Morgan fingerprint density at radius 1 is 0.889 bits per heavy atom. The molecule has 1 unspecified atom stereocenters. The summed E-state index contributed by atoms with van der Waals surface area (Å²) in [5.74, 6) is 0.559.